The van der Waals surface area contributed by atoms with Gasteiger partial charge in [-0.3, -0.25) is 0 Å². The number of aliphatic hydroxyl groups excluding tert-OH is 2. The summed E-state index contributed by atoms with van der Waals surface area (Å²) in [6.07, 6.45) is -0.495. The van der Waals surface area contributed by atoms with E-state index in [-0.39, 0.29) is 26.4 Å². The summed E-state index contributed by atoms with van der Waals surface area (Å²) in [5, 5.41) is 26.3. The molecule has 5 rings (SSSR count). The van der Waals surface area contributed by atoms with Crippen LogP contribution in [-0.2, 0) is 9.47 Å². The zero-order valence-corrected chi connectivity index (χ0v) is 14.3. The molecule has 0 radical (unpaired) electrons. The van der Waals surface area contributed by atoms with E-state index in [1.54, 1.807) is 0 Å². The van der Waals surface area contributed by atoms with Gasteiger partial charge in [-0.25, -0.2) is 0 Å². The van der Waals surface area contributed by atoms with E-state index in [1.165, 1.54) is 26.9 Å². The number of benzene rings is 4. The van der Waals surface area contributed by atoms with E-state index in [0.29, 0.717) is 0 Å². The van der Waals surface area contributed by atoms with Gasteiger partial charge in [0.2, 0.25) is 0 Å². The lowest BCUT2D eigenvalue weighted by atomic mass is 9.90. The second-order valence-corrected chi connectivity index (χ2v) is 7.28. The average molecular weight is 348 g/mol. The standard InChI is InChI=1S/C22H20O4/c23-10-22(11-24)12-25-21(26-13-22)18-9-7-16-5-4-14-2-1-3-15-6-8-17(18)20(16)19(14)15/h1-9,21,23-24H,10-13H2. The zero-order valence-electron chi connectivity index (χ0n) is 14.3. The molecule has 4 heteroatoms. The maximum absolute atomic E-state index is 9.54. The Labute approximate surface area is 150 Å². The highest BCUT2D eigenvalue weighted by Crippen LogP contribution is 2.40. The molecular weight excluding hydrogens is 328 g/mol. The van der Waals surface area contributed by atoms with Gasteiger partial charge in [0.25, 0.3) is 0 Å². The van der Waals surface area contributed by atoms with Crippen LogP contribution in [0.5, 0.6) is 0 Å². The van der Waals surface area contributed by atoms with Crippen molar-refractivity contribution in [2.45, 2.75) is 6.29 Å². The number of aliphatic hydroxyl groups is 2. The minimum atomic E-state index is -0.722. The number of rotatable bonds is 3. The Balaban J connectivity index is 1.65. The molecule has 1 aliphatic heterocycles. The quantitative estimate of drug-likeness (QED) is 0.556. The van der Waals surface area contributed by atoms with Gasteiger partial charge in [-0.15, -0.1) is 0 Å². The van der Waals surface area contributed by atoms with Gasteiger partial charge in [0.1, 0.15) is 0 Å². The lowest BCUT2D eigenvalue weighted by molar-refractivity contribution is -0.247. The number of hydrogen-bond donors (Lipinski definition) is 2. The summed E-state index contributed by atoms with van der Waals surface area (Å²) in [5.41, 5.74) is 0.264. The van der Waals surface area contributed by atoms with E-state index < -0.39 is 11.7 Å². The van der Waals surface area contributed by atoms with E-state index in [4.69, 9.17) is 9.47 Å². The molecule has 0 spiro atoms. The van der Waals surface area contributed by atoms with Gasteiger partial charge in [0, 0.05) is 5.56 Å². The molecule has 4 aromatic rings. The summed E-state index contributed by atoms with van der Waals surface area (Å²) < 4.78 is 11.8. The molecule has 0 aromatic heterocycles. The van der Waals surface area contributed by atoms with Gasteiger partial charge in [-0.1, -0.05) is 54.6 Å². The Bertz CT molecular complexity index is 1060. The van der Waals surface area contributed by atoms with Crippen LogP contribution in [0.15, 0.2) is 54.6 Å². The Morgan fingerprint density at radius 3 is 2.00 bits per heavy atom. The lowest BCUT2D eigenvalue weighted by Gasteiger charge is -2.37. The van der Waals surface area contributed by atoms with Crippen molar-refractivity contribution < 1.29 is 19.7 Å². The third-order valence-electron chi connectivity index (χ3n) is 5.57. The molecule has 0 bridgehead atoms. The van der Waals surface area contributed by atoms with Gasteiger partial charge in [-0.2, -0.15) is 0 Å². The first-order valence-electron chi connectivity index (χ1n) is 8.86. The van der Waals surface area contributed by atoms with Crippen molar-refractivity contribution in [2.75, 3.05) is 26.4 Å². The molecule has 1 saturated heterocycles. The van der Waals surface area contributed by atoms with Crippen LogP contribution < -0.4 is 0 Å². The van der Waals surface area contributed by atoms with Crippen LogP contribution >= 0.6 is 0 Å². The Kier molecular flexibility index (Phi) is 3.62. The zero-order chi connectivity index (χ0) is 17.7. The van der Waals surface area contributed by atoms with Gasteiger partial charge in [0.05, 0.1) is 31.8 Å². The van der Waals surface area contributed by atoms with E-state index in [1.807, 2.05) is 0 Å². The highest BCUT2D eigenvalue weighted by atomic mass is 16.7. The smallest absolute Gasteiger partial charge is 0.184 e. The third kappa shape index (κ3) is 2.24. The summed E-state index contributed by atoms with van der Waals surface area (Å²) in [6, 6.07) is 19.1. The summed E-state index contributed by atoms with van der Waals surface area (Å²) in [5.74, 6) is 0. The largest absolute Gasteiger partial charge is 0.396 e. The third-order valence-corrected chi connectivity index (χ3v) is 5.57. The normalized spacial score (nSPS) is 18.2. The molecular formula is C22H20O4. The molecule has 1 aliphatic rings. The van der Waals surface area contributed by atoms with Crippen molar-refractivity contribution in [3.8, 4) is 0 Å². The summed E-state index contributed by atoms with van der Waals surface area (Å²) in [7, 11) is 0. The van der Waals surface area contributed by atoms with Crippen molar-refractivity contribution >= 4 is 32.3 Å². The maximum atomic E-state index is 9.54. The van der Waals surface area contributed by atoms with Gasteiger partial charge in [-0.05, 0) is 32.3 Å². The molecule has 132 valence electrons. The van der Waals surface area contributed by atoms with Crippen LogP contribution in [0.2, 0.25) is 0 Å². The van der Waals surface area contributed by atoms with E-state index >= 15 is 0 Å². The first-order chi connectivity index (χ1) is 12.7. The molecule has 26 heavy (non-hydrogen) atoms. The van der Waals surface area contributed by atoms with E-state index in [9.17, 15) is 10.2 Å². The van der Waals surface area contributed by atoms with Crippen molar-refractivity contribution in [2.24, 2.45) is 5.41 Å². The topological polar surface area (TPSA) is 58.9 Å². The molecule has 4 nitrogen and oxygen atoms in total. The van der Waals surface area contributed by atoms with Crippen LogP contribution in [0.3, 0.4) is 0 Å². The van der Waals surface area contributed by atoms with Crippen molar-refractivity contribution in [3.63, 3.8) is 0 Å². The first-order valence-corrected chi connectivity index (χ1v) is 8.86. The lowest BCUT2D eigenvalue weighted by Crippen LogP contribution is -2.44. The maximum Gasteiger partial charge on any atom is 0.184 e. The number of ether oxygens (including phenoxy) is 2. The Morgan fingerprint density at radius 1 is 0.769 bits per heavy atom. The van der Waals surface area contributed by atoms with Crippen LogP contribution in [0.1, 0.15) is 11.9 Å². The fraction of sp³-hybridized carbons (Fsp3) is 0.273. The monoisotopic (exact) mass is 348 g/mol. The second kappa shape index (κ2) is 5.89. The van der Waals surface area contributed by atoms with Crippen molar-refractivity contribution in [3.05, 3.63) is 60.2 Å². The van der Waals surface area contributed by atoms with Crippen LogP contribution in [0, 0.1) is 5.41 Å². The van der Waals surface area contributed by atoms with Crippen LogP contribution in [-0.4, -0.2) is 36.6 Å². The molecule has 1 fully saturated rings. The predicted octanol–water partition coefficient (Wildman–Crippen LogP) is 3.60. The molecule has 2 N–H and O–H groups in total. The Morgan fingerprint density at radius 2 is 1.35 bits per heavy atom. The van der Waals surface area contributed by atoms with Gasteiger partial charge >= 0.3 is 0 Å². The molecule has 4 aromatic carbocycles. The Hall–Kier alpha value is -2.24. The van der Waals surface area contributed by atoms with Gasteiger partial charge < -0.3 is 19.7 Å². The first kappa shape index (κ1) is 16.0. The summed E-state index contributed by atoms with van der Waals surface area (Å²) in [4.78, 5) is 0. The summed E-state index contributed by atoms with van der Waals surface area (Å²) in [6.45, 7) is 0.225. The molecule has 1 heterocycles. The number of hydrogen-bond acceptors (Lipinski definition) is 4. The van der Waals surface area contributed by atoms with Gasteiger partial charge in [0.15, 0.2) is 6.29 Å². The average Bonchev–Trinajstić information content (AvgIpc) is 2.72. The van der Waals surface area contributed by atoms with Crippen LogP contribution in [0.4, 0.5) is 0 Å². The predicted molar refractivity (Wildman–Crippen MR) is 101 cm³/mol. The molecule has 0 amide bonds. The summed E-state index contributed by atoms with van der Waals surface area (Å²) >= 11 is 0. The van der Waals surface area contributed by atoms with E-state index in [0.717, 1.165) is 10.9 Å². The van der Waals surface area contributed by atoms with E-state index in [2.05, 4.69) is 54.6 Å². The highest BCUT2D eigenvalue weighted by Gasteiger charge is 2.37. The molecule has 0 aliphatic carbocycles. The molecule has 0 saturated carbocycles. The second-order valence-electron chi connectivity index (χ2n) is 7.28. The fourth-order valence-corrected chi connectivity index (χ4v) is 3.97. The van der Waals surface area contributed by atoms with Crippen LogP contribution in [0.25, 0.3) is 32.3 Å². The SMILES string of the molecule is OCC1(CO)COC(c2ccc3ccc4cccc5ccc2c3c45)OC1. The fourth-order valence-electron chi connectivity index (χ4n) is 3.97. The minimum absolute atomic E-state index is 0.158. The van der Waals surface area contributed by atoms with Crippen molar-refractivity contribution in [1.82, 2.24) is 0 Å². The minimum Gasteiger partial charge on any atom is -0.396 e. The molecule has 0 atom stereocenters. The highest BCUT2D eigenvalue weighted by molar-refractivity contribution is 6.23. The van der Waals surface area contributed by atoms with Crippen molar-refractivity contribution in [1.29, 1.82) is 0 Å². The molecule has 0 unspecified atom stereocenters.